The summed E-state index contributed by atoms with van der Waals surface area (Å²) in [6.07, 6.45) is 0.878. The fourth-order valence-electron chi connectivity index (χ4n) is 2.59. The number of hydrogen-bond donors (Lipinski definition) is 1. The SMILES string of the molecule is CCC1(C)OB(c2cccc(OCCNC(C)=O)c2)OC1(C)C. The van der Waals surface area contributed by atoms with E-state index in [0.29, 0.717) is 13.2 Å². The van der Waals surface area contributed by atoms with Crippen LogP contribution in [0, 0.1) is 0 Å². The first-order chi connectivity index (χ1) is 10.8. The molecule has 1 aromatic carbocycles. The third-order valence-corrected chi connectivity index (χ3v) is 4.59. The van der Waals surface area contributed by atoms with E-state index in [1.165, 1.54) is 6.92 Å². The highest BCUT2D eigenvalue weighted by Gasteiger charge is 2.53. The van der Waals surface area contributed by atoms with Gasteiger partial charge in [-0.25, -0.2) is 0 Å². The van der Waals surface area contributed by atoms with Gasteiger partial charge in [-0.15, -0.1) is 0 Å². The van der Waals surface area contributed by atoms with E-state index in [2.05, 4.69) is 33.0 Å². The molecule has 1 saturated heterocycles. The molecule has 1 N–H and O–H groups in total. The van der Waals surface area contributed by atoms with Crippen molar-refractivity contribution in [2.45, 2.75) is 52.2 Å². The molecule has 1 aromatic rings. The van der Waals surface area contributed by atoms with Crippen molar-refractivity contribution in [3.63, 3.8) is 0 Å². The smallest absolute Gasteiger partial charge is 0.492 e. The minimum absolute atomic E-state index is 0.0591. The van der Waals surface area contributed by atoms with Crippen molar-refractivity contribution < 1.29 is 18.8 Å². The number of nitrogens with one attached hydrogen (secondary N) is 1. The van der Waals surface area contributed by atoms with Crippen molar-refractivity contribution in [1.29, 1.82) is 0 Å². The second-order valence-corrected chi connectivity index (χ2v) is 6.57. The summed E-state index contributed by atoms with van der Waals surface area (Å²) in [5.74, 6) is 0.680. The van der Waals surface area contributed by atoms with E-state index >= 15 is 0 Å². The highest BCUT2D eigenvalue weighted by atomic mass is 16.7. The summed E-state index contributed by atoms with van der Waals surface area (Å²) in [7, 11) is -0.395. The lowest BCUT2D eigenvalue weighted by atomic mass is 9.79. The van der Waals surface area contributed by atoms with Crippen LogP contribution in [0.2, 0.25) is 0 Å². The Morgan fingerprint density at radius 2 is 2.04 bits per heavy atom. The Labute approximate surface area is 138 Å². The number of ether oxygens (including phenoxy) is 1. The van der Waals surface area contributed by atoms with E-state index in [1.54, 1.807) is 0 Å². The Bertz CT molecular complexity index is 563. The van der Waals surface area contributed by atoms with Gasteiger partial charge in [0.1, 0.15) is 12.4 Å². The first-order valence-corrected chi connectivity index (χ1v) is 8.10. The molecule has 1 fully saturated rings. The molecule has 1 amide bonds. The lowest BCUT2D eigenvalue weighted by Gasteiger charge is -2.35. The molecule has 5 nitrogen and oxygen atoms in total. The van der Waals surface area contributed by atoms with E-state index in [9.17, 15) is 4.79 Å². The predicted octanol–water partition coefficient (Wildman–Crippen LogP) is 1.89. The summed E-state index contributed by atoms with van der Waals surface area (Å²) in [5, 5.41) is 2.70. The number of benzene rings is 1. The summed E-state index contributed by atoms with van der Waals surface area (Å²) >= 11 is 0. The van der Waals surface area contributed by atoms with E-state index in [-0.39, 0.29) is 17.1 Å². The molecular formula is C17H26BNO4. The first kappa shape index (κ1) is 17.8. The molecule has 0 radical (unpaired) electrons. The third kappa shape index (κ3) is 4.06. The molecule has 23 heavy (non-hydrogen) atoms. The fourth-order valence-corrected chi connectivity index (χ4v) is 2.59. The van der Waals surface area contributed by atoms with Gasteiger partial charge in [-0.2, -0.15) is 0 Å². The number of rotatable bonds is 6. The number of carbonyl (C=O) groups is 1. The van der Waals surface area contributed by atoms with Crippen LogP contribution in [0.15, 0.2) is 24.3 Å². The molecular weight excluding hydrogens is 293 g/mol. The van der Waals surface area contributed by atoms with Gasteiger partial charge in [-0.05, 0) is 44.8 Å². The van der Waals surface area contributed by atoms with Crippen LogP contribution < -0.4 is 15.5 Å². The van der Waals surface area contributed by atoms with Gasteiger partial charge in [-0.3, -0.25) is 4.79 Å². The van der Waals surface area contributed by atoms with Crippen molar-refractivity contribution in [3.05, 3.63) is 24.3 Å². The molecule has 1 heterocycles. The monoisotopic (exact) mass is 319 g/mol. The quantitative estimate of drug-likeness (QED) is 0.643. The van der Waals surface area contributed by atoms with Crippen LogP contribution in [0.5, 0.6) is 5.75 Å². The standard InChI is InChI=1S/C17H26BNO4/c1-6-17(5)16(3,4)22-18(23-17)14-8-7-9-15(12-14)21-11-10-19-13(2)20/h7-9,12H,6,10-11H2,1-5H3,(H,19,20). The molecule has 0 aromatic heterocycles. The molecule has 126 valence electrons. The molecule has 1 unspecified atom stereocenters. The summed E-state index contributed by atoms with van der Waals surface area (Å²) < 4.78 is 18.0. The highest BCUT2D eigenvalue weighted by molar-refractivity contribution is 6.62. The maximum atomic E-state index is 10.8. The maximum absolute atomic E-state index is 10.8. The fraction of sp³-hybridized carbons (Fsp3) is 0.588. The molecule has 6 heteroatoms. The zero-order valence-electron chi connectivity index (χ0n) is 14.6. The second-order valence-electron chi connectivity index (χ2n) is 6.57. The zero-order chi connectivity index (χ0) is 17.1. The maximum Gasteiger partial charge on any atom is 0.494 e. The third-order valence-electron chi connectivity index (χ3n) is 4.59. The molecule has 1 aliphatic heterocycles. The van der Waals surface area contributed by atoms with E-state index in [4.69, 9.17) is 14.0 Å². The van der Waals surface area contributed by atoms with Gasteiger partial charge in [0.25, 0.3) is 0 Å². The Morgan fingerprint density at radius 1 is 1.30 bits per heavy atom. The summed E-state index contributed by atoms with van der Waals surface area (Å²) in [5.41, 5.74) is 0.265. The lowest BCUT2D eigenvalue weighted by Crippen LogP contribution is -2.44. The van der Waals surface area contributed by atoms with Gasteiger partial charge < -0.3 is 19.4 Å². The average molecular weight is 319 g/mol. The van der Waals surface area contributed by atoms with Crippen molar-refractivity contribution in [2.75, 3.05) is 13.2 Å². The molecule has 0 spiro atoms. The number of hydrogen-bond acceptors (Lipinski definition) is 4. The summed E-state index contributed by atoms with van der Waals surface area (Å²) in [4.78, 5) is 10.8. The topological polar surface area (TPSA) is 56.8 Å². The van der Waals surface area contributed by atoms with Gasteiger partial charge in [0.2, 0.25) is 5.91 Å². The van der Waals surface area contributed by atoms with E-state index < -0.39 is 7.12 Å². The van der Waals surface area contributed by atoms with Gasteiger partial charge in [0.05, 0.1) is 17.7 Å². The summed E-state index contributed by atoms with van der Waals surface area (Å²) in [6, 6.07) is 7.71. The van der Waals surface area contributed by atoms with E-state index in [0.717, 1.165) is 17.6 Å². The van der Waals surface area contributed by atoms with Gasteiger partial charge in [0, 0.05) is 6.92 Å². The number of amides is 1. The van der Waals surface area contributed by atoms with Crippen LogP contribution >= 0.6 is 0 Å². The van der Waals surface area contributed by atoms with Gasteiger partial charge >= 0.3 is 7.12 Å². The first-order valence-electron chi connectivity index (χ1n) is 8.10. The largest absolute Gasteiger partial charge is 0.494 e. The van der Waals surface area contributed by atoms with Crippen LogP contribution in [0.1, 0.15) is 41.0 Å². The van der Waals surface area contributed by atoms with E-state index in [1.807, 2.05) is 24.3 Å². The summed E-state index contributed by atoms with van der Waals surface area (Å²) in [6.45, 7) is 10.7. The molecule has 0 aliphatic carbocycles. The molecule has 0 saturated carbocycles. The number of carbonyl (C=O) groups excluding carboxylic acids is 1. The molecule has 2 rings (SSSR count). The Hall–Kier alpha value is -1.53. The highest BCUT2D eigenvalue weighted by Crippen LogP contribution is 2.39. The van der Waals surface area contributed by atoms with Crippen molar-refractivity contribution in [3.8, 4) is 5.75 Å². The normalized spacial score (nSPS) is 22.9. The van der Waals surface area contributed by atoms with Crippen LogP contribution in [0.3, 0.4) is 0 Å². The Kier molecular flexibility index (Phi) is 5.37. The van der Waals surface area contributed by atoms with Crippen LogP contribution in [-0.2, 0) is 14.1 Å². The minimum Gasteiger partial charge on any atom is -0.492 e. The van der Waals surface area contributed by atoms with Crippen LogP contribution in [0.25, 0.3) is 0 Å². The van der Waals surface area contributed by atoms with Gasteiger partial charge in [-0.1, -0.05) is 19.1 Å². The van der Waals surface area contributed by atoms with Crippen LogP contribution in [-0.4, -0.2) is 37.4 Å². The predicted molar refractivity (Wildman–Crippen MR) is 91.0 cm³/mol. The molecule has 1 atom stereocenters. The second kappa shape index (κ2) is 6.93. The van der Waals surface area contributed by atoms with Crippen LogP contribution in [0.4, 0.5) is 0 Å². The van der Waals surface area contributed by atoms with Crippen molar-refractivity contribution >= 4 is 18.5 Å². The lowest BCUT2D eigenvalue weighted by molar-refractivity contribution is -0.119. The molecule has 1 aliphatic rings. The Balaban J connectivity index is 2.02. The average Bonchev–Trinajstić information content (AvgIpc) is 2.75. The Morgan fingerprint density at radius 3 is 2.65 bits per heavy atom. The minimum atomic E-state index is -0.395. The van der Waals surface area contributed by atoms with Gasteiger partial charge in [0.15, 0.2) is 0 Å². The molecule has 0 bridgehead atoms. The van der Waals surface area contributed by atoms with Crippen molar-refractivity contribution in [2.24, 2.45) is 0 Å². The zero-order valence-corrected chi connectivity index (χ0v) is 14.6. The van der Waals surface area contributed by atoms with Crippen molar-refractivity contribution in [1.82, 2.24) is 5.32 Å².